The first-order valence-electron chi connectivity index (χ1n) is 6.66. The van der Waals surface area contributed by atoms with Crippen molar-refractivity contribution in [2.75, 3.05) is 25.0 Å². The van der Waals surface area contributed by atoms with E-state index in [1.807, 2.05) is 30.3 Å². The molecular formula is C15H17N3O. The number of nitrogens with zero attached hydrogens (tertiary/aromatic N) is 2. The standard InChI is InChI=1S/C15H17N3O/c1-16-15(19)12-10-14(18-8-4-5-9-18)17-13-7-3-2-6-11(12)13/h2-3,6-7,10H,4-5,8-9H2,1H3,(H,16,19). The van der Waals surface area contributed by atoms with Gasteiger partial charge in [0.1, 0.15) is 5.82 Å². The number of rotatable bonds is 2. The first-order valence-corrected chi connectivity index (χ1v) is 6.66. The fourth-order valence-electron chi connectivity index (χ4n) is 2.59. The number of amides is 1. The second-order valence-electron chi connectivity index (χ2n) is 4.82. The van der Waals surface area contributed by atoms with Crippen LogP contribution in [0.5, 0.6) is 0 Å². The van der Waals surface area contributed by atoms with Crippen molar-refractivity contribution in [1.29, 1.82) is 0 Å². The van der Waals surface area contributed by atoms with Crippen LogP contribution < -0.4 is 10.2 Å². The van der Waals surface area contributed by atoms with Gasteiger partial charge in [0.2, 0.25) is 0 Å². The van der Waals surface area contributed by atoms with Crippen molar-refractivity contribution in [3.05, 3.63) is 35.9 Å². The highest BCUT2D eigenvalue weighted by atomic mass is 16.1. The molecule has 1 aliphatic rings. The Hall–Kier alpha value is -2.10. The van der Waals surface area contributed by atoms with Gasteiger partial charge in [0.15, 0.2) is 0 Å². The monoisotopic (exact) mass is 255 g/mol. The molecule has 1 fully saturated rings. The summed E-state index contributed by atoms with van der Waals surface area (Å²) in [6.45, 7) is 2.05. The largest absolute Gasteiger partial charge is 0.357 e. The molecule has 1 aromatic carbocycles. The van der Waals surface area contributed by atoms with Crippen molar-refractivity contribution in [2.24, 2.45) is 0 Å². The molecule has 0 atom stereocenters. The van der Waals surface area contributed by atoms with Gasteiger partial charge in [0, 0.05) is 25.5 Å². The molecule has 2 aromatic rings. The number of para-hydroxylation sites is 1. The molecule has 19 heavy (non-hydrogen) atoms. The van der Waals surface area contributed by atoms with Crippen molar-refractivity contribution < 1.29 is 4.79 Å². The van der Waals surface area contributed by atoms with Gasteiger partial charge in [-0.05, 0) is 25.0 Å². The molecular weight excluding hydrogens is 238 g/mol. The molecule has 1 N–H and O–H groups in total. The number of pyridine rings is 1. The summed E-state index contributed by atoms with van der Waals surface area (Å²) in [5, 5.41) is 3.61. The molecule has 0 saturated carbocycles. The van der Waals surface area contributed by atoms with Gasteiger partial charge in [-0.15, -0.1) is 0 Å². The minimum absolute atomic E-state index is 0.0564. The molecule has 0 aliphatic carbocycles. The number of hydrogen-bond donors (Lipinski definition) is 1. The lowest BCUT2D eigenvalue weighted by Gasteiger charge is -2.18. The molecule has 3 rings (SSSR count). The highest BCUT2D eigenvalue weighted by molar-refractivity contribution is 6.06. The van der Waals surface area contributed by atoms with Gasteiger partial charge in [0.05, 0.1) is 11.1 Å². The van der Waals surface area contributed by atoms with Crippen LogP contribution in [0.4, 0.5) is 5.82 Å². The molecule has 1 saturated heterocycles. The van der Waals surface area contributed by atoms with E-state index in [0.717, 1.165) is 29.8 Å². The zero-order chi connectivity index (χ0) is 13.2. The van der Waals surface area contributed by atoms with Crippen LogP contribution in [0.15, 0.2) is 30.3 Å². The van der Waals surface area contributed by atoms with Crippen LogP contribution in [0.1, 0.15) is 23.2 Å². The van der Waals surface area contributed by atoms with Gasteiger partial charge in [-0.2, -0.15) is 0 Å². The second kappa shape index (κ2) is 4.88. The lowest BCUT2D eigenvalue weighted by atomic mass is 10.1. The number of nitrogens with one attached hydrogen (secondary N) is 1. The lowest BCUT2D eigenvalue weighted by Crippen LogP contribution is -2.22. The van der Waals surface area contributed by atoms with E-state index < -0.39 is 0 Å². The van der Waals surface area contributed by atoms with Crippen LogP contribution in [0.25, 0.3) is 10.9 Å². The Balaban J connectivity index is 2.17. The summed E-state index contributed by atoms with van der Waals surface area (Å²) in [5.41, 5.74) is 1.58. The predicted octanol–water partition coefficient (Wildman–Crippen LogP) is 2.19. The predicted molar refractivity (Wildman–Crippen MR) is 76.6 cm³/mol. The van der Waals surface area contributed by atoms with E-state index in [1.165, 1.54) is 12.8 Å². The number of carbonyl (C=O) groups is 1. The number of hydrogen-bond acceptors (Lipinski definition) is 3. The summed E-state index contributed by atoms with van der Waals surface area (Å²) in [6, 6.07) is 9.71. The summed E-state index contributed by atoms with van der Waals surface area (Å²) in [7, 11) is 1.66. The number of aromatic nitrogens is 1. The third kappa shape index (κ3) is 2.14. The van der Waals surface area contributed by atoms with E-state index in [0.29, 0.717) is 5.56 Å². The van der Waals surface area contributed by atoms with Crippen LogP contribution in [0.2, 0.25) is 0 Å². The summed E-state index contributed by atoms with van der Waals surface area (Å²) >= 11 is 0. The Labute approximate surface area is 112 Å². The molecule has 4 heteroatoms. The van der Waals surface area contributed by atoms with Gasteiger partial charge < -0.3 is 10.2 Å². The van der Waals surface area contributed by atoms with E-state index in [4.69, 9.17) is 0 Å². The fraction of sp³-hybridized carbons (Fsp3) is 0.333. The summed E-state index contributed by atoms with van der Waals surface area (Å²) < 4.78 is 0. The summed E-state index contributed by atoms with van der Waals surface area (Å²) in [4.78, 5) is 19.0. The third-order valence-corrected chi connectivity index (χ3v) is 3.60. The maximum atomic E-state index is 12.0. The van der Waals surface area contributed by atoms with Gasteiger partial charge in [-0.1, -0.05) is 18.2 Å². The Morgan fingerprint density at radius 1 is 1.26 bits per heavy atom. The van der Waals surface area contributed by atoms with Crippen molar-refractivity contribution >= 4 is 22.6 Å². The quantitative estimate of drug-likeness (QED) is 0.894. The molecule has 0 spiro atoms. The summed E-state index contributed by atoms with van der Waals surface area (Å²) in [6.07, 6.45) is 2.40. The van der Waals surface area contributed by atoms with Crippen LogP contribution in [0.3, 0.4) is 0 Å². The maximum Gasteiger partial charge on any atom is 0.251 e. The van der Waals surface area contributed by atoms with E-state index in [-0.39, 0.29) is 5.91 Å². The zero-order valence-corrected chi connectivity index (χ0v) is 11.0. The van der Waals surface area contributed by atoms with Crippen molar-refractivity contribution in [3.8, 4) is 0 Å². The van der Waals surface area contributed by atoms with E-state index in [1.54, 1.807) is 7.05 Å². The topological polar surface area (TPSA) is 45.2 Å². The molecule has 0 radical (unpaired) electrons. The fourth-order valence-corrected chi connectivity index (χ4v) is 2.59. The Morgan fingerprint density at radius 3 is 2.74 bits per heavy atom. The zero-order valence-electron chi connectivity index (χ0n) is 11.0. The SMILES string of the molecule is CNC(=O)c1cc(N2CCCC2)nc2ccccc12. The minimum Gasteiger partial charge on any atom is -0.357 e. The molecule has 0 unspecified atom stereocenters. The molecule has 2 heterocycles. The lowest BCUT2D eigenvalue weighted by molar-refractivity contribution is 0.0964. The van der Waals surface area contributed by atoms with Gasteiger partial charge in [-0.25, -0.2) is 4.98 Å². The van der Waals surface area contributed by atoms with Gasteiger partial charge >= 0.3 is 0 Å². The van der Waals surface area contributed by atoms with Crippen molar-refractivity contribution in [3.63, 3.8) is 0 Å². The smallest absolute Gasteiger partial charge is 0.251 e. The summed E-state index contributed by atoms with van der Waals surface area (Å²) in [5.74, 6) is 0.855. The number of fused-ring (bicyclic) bond motifs is 1. The Kier molecular flexibility index (Phi) is 3.07. The van der Waals surface area contributed by atoms with E-state index >= 15 is 0 Å². The Bertz CT molecular complexity index is 618. The van der Waals surface area contributed by atoms with Crippen molar-refractivity contribution in [2.45, 2.75) is 12.8 Å². The molecule has 1 aliphatic heterocycles. The van der Waals surface area contributed by atoms with Crippen LogP contribution in [-0.2, 0) is 0 Å². The molecule has 98 valence electrons. The van der Waals surface area contributed by atoms with Gasteiger partial charge in [0.25, 0.3) is 5.91 Å². The number of carbonyl (C=O) groups excluding carboxylic acids is 1. The normalized spacial score (nSPS) is 14.9. The average molecular weight is 255 g/mol. The number of anilines is 1. The van der Waals surface area contributed by atoms with Gasteiger partial charge in [-0.3, -0.25) is 4.79 Å². The molecule has 4 nitrogen and oxygen atoms in total. The van der Waals surface area contributed by atoms with Crippen LogP contribution in [0, 0.1) is 0 Å². The highest BCUT2D eigenvalue weighted by Gasteiger charge is 2.17. The van der Waals surface area contributed by atoms with Crippen LogP contribution >= 0.6 is 0 Å². The Morgan fingerprint density at radius 2 is 2.00 bits per heavy atom. The first kappa shape index (κ1) is 12.0. The second-order valence-corrected chi connectivity index (χ2v) is 4.82. The molecule has 1 aromatic heterocycles. The third-order valence-electron chi connectivity index (χ3n) is 3.60. The average Bonchev–Trinajstić information content (AvgIpc) is 2.99. The first-order chi connectivity index (χ1) is 9.29. The maximum absolute atomic E-state index is 12.0. The molecule has 0 bridgehead atoms. The molecule has 1 amide bonds. The van der Waals surface area contributed by atoms with Crippen molar-refractivity contribution in [1.82, 2.24) is 10.3 Å². The van der Waals surface area contributed by atoms with E-state index in [2.05, 4.69) is 15.2 Å². The van der Waals surface area contributed by atoms with E-state index in [9.17, 15) is 4.79 Å². The minimum atomic E-state index is -0.0564. The number of benzene rings is 1. The highest BCUT2D eigenvalue weighted by Crippen LogP contribution is 2.25. The van der Waals surface area contributed by atoms with Crippen LogP contribution in [-0.4, -0.2) is 31.0 Å².